The zero-order valence-corrected chi connectivity index (χ0v) is 11.4. The summed E-state index contributed by atoms with van der Waals surface area (Å²) in [7, 11) is 0. The van der Waals surface area contributed by atoms with Crippen molar-refractivity contribution >= 4 is 40.9 Å². The zero-order chi connectivity index (χ0) is 13.1. The molecule has 0 aromatic heterocycles. The molecule has 18 heavy (non-hydrogen) atoms. The molecule has 0 saturated carbocycles. The second kappa shape index (κ2) is 5.65. The lowest BCUT2D eigenvalue weighted by Crippen LogP contribution is -1.97. The van der Waals surface area contributed by atoms with Crippen molar-refractivity contribution in [1.29, 1.82) is 0 Å². The fourth-order valence-corrected chi connectivity index (χ4v) is 2.87. The lowest BCUT2D eigenvalue weighted by Gasteiger charge is -2.07. The van der Waals surface area contributed by atoms with Crippen LogP contribution >= 0.6 is 35.0 Å². The van der Waals surface area contributed by atoms with Crippen LogP contribution in [0.3, 0.4) is 0 Å². The Morgan fingerprint density at radius 2 is 1.78 bits per heavy atom. The van der Waals surface area contributed by atoms with Gasteiger partial charge in [0.05, 0.1) is 10.6 Å². The number of halogens is 2. The van der Waals surface area contributed by atoms with Gasteiger partial charge in [-0.2, -0.15) is 0 Å². The van der Waals surface area contributed by atoms with E-state index in [9.17, 15) is 4.79 Å². The molecule has 0 spiro atoms. The highest BCUT2D eigenvalue weighted by molar-refractivity contribution is 7.99. The van der Waals surface area contributed by atoms with E-state index in [0.717, 1.165) is 4.90 Å². The first-order chi connectivity index (χ1) is 8.58. The smallest absolute Gasteiger partial charge is 0.336 e. The van der Waals surface area contributed by atoms with E-state index in [4.69, 9.17) is 28.3 Å². The minimum Gasteiger partial charge on any atom is -0.478 e. The van der Waals surface area contributed by atoms with Crippen molar-refractivity contribution in [2.45, 2.75) is 9.79 Å². The normalized spacial score (nSPS) is 10.3. The summed E-state index contributed by atoms with van der Waals surface area (Å²) in [6.45, 7) is 0. The molecule has 0 aliphatic heterocycles. The monoisotopic (exact) mass is 298 g/mol. The third-order valence-corrected chi connectivity index (χ3v) is 4.04. The van der Waals surface area contributed by atoms with Crippen molar-refractivity contribution in [3.63, 3.8) is 0 Å². The number of hydrogen-bond acceptors (Lipinski definition) is 2. The van der Waals surface area contributed by atoms with Gasteiger partial charge in [0.1, 0.15) is 0 Å². The SMILES string of the molecule is O=C(O)c1ccccc1Sc1ccc(Cl)cc1Cl. The highest BCUT2D eigenvalue weighted by Gasteiger charge is 2.11. The van der Waals surface area contributed by atoms with Gasteiger partial charge in [0.15, 0.2) is 0 Å². The summed E-state index contributed by atoms with van der Waals surface area (Å²) >= 11 is 13.2. The van der Waals surface area contributed by atoms with Crippen molar-refractivity contribution in [3.05, 3.63) is 58.1 Å². The number of hydrogen-bond donors (Lipinski definition) is 1. The summed E-state index contributed by atoms with van der Waals surface area (Å²) < 4.78 is 0. The van der Waals surface area contributed by atoms with E-state index in [1.165, 1.54) is 11.8 Å². The van der Waals surface area contributed by atoms with E-state index >= 15 is 0 Å². The largest absolute Gasteiger partial charge is 0.478 e. The summed E-state index contributed by atoms with van der Waals surface area (Å²) in [5, 5.41) is 10.1. The van der Waals surface area contributed by atoms with Gasteiger partial charge in [0.25, 0.3) is 0 Å². The Morgan fingerprint density at radius 1 is 1.06 bits per heavy atom. The van der Waals surface area contributed by atoms with Crippen molar-refractivity contribution in [1.82, 2.24) is 0 Å². The maximum absolute atomic E-state index is 11.1. The molecule has 2 aromatic rings. The number of aromatic carboxylic acids is 1. The van der Waals surface area contributed by atoms with Gasteiger partial charge in [-0.3, -0.25) is 0 Å². The minimum atomic E-state index is -0.955. The molecular weight excluding hydrogens is 291 g/mol. The first kappa shape index (κ1) is 13.3. The van der Waals surface area contributed by atoms with E-state index in [1.54, 1.807) is 42.5 Å². The van der Waals surface area contributed by atoms with E-state index in [1.807, 2.05) is 0 Å². The maximum Gasteiger partial charge on any atom is 0.336 e. The summed E-state index contributed by atoms with van der Waals surface area (Å²) in [6, 6.07) is 11.9. The van der Waals surface area contributed by atoms with Gasteiger partial charge in [-0.15, -0.1) is 0 Å². The van der Waals surface area contributed by atoms with Gasteiger partial charge in [0.2, 0.25) is 0 Å². The Bertz CT molecular complexity index is 599. The summed E-state index contributed by atoms with van der Waals surface area (Å²) in [6.07, 6.45) is 0. The average molecular weight is 299 g/mol. The predicted molar refractivity (Wildman–Crippen MR) is 74.0 cm³/mol. The minimum absolute atomic E-state index is 0.258. The Kier molecular flexibility index (Phi) is 4.17. The highest BCUT2D eigenvalue weighted by Crippen LogP contribution is 2.36. The third kappa shape index (κ3) is 2.99. The molecule has 2 nitrogen and oxygen atoms in total. The maximum atomic E-state index is 11.1. The number of carboxylic acids is 1. The molecule has 0 radical (unpaired) electrons. The fourth-order valence-electron chi connectivity index (χ4n) is 1.41. The molecule has 0 aliphatic rings. The molecule has 92 valence electrons. The Hall–Kier alpha value is -1.16. The number of rotatable bonds is 3. The van der Waals surface area contributed by atoms with Crippen LogP contribution in [0, 0.1) is 0 Å². The quantitative estimate of drug-likeness (QED) is 0.881. The Labute approximate surface area is 119 Å². The molecule has 0 aliphatic carbocycles. The molecule has 0 heterocycles. The van der Waals surface area contributed by atoms with Crippen LogP contribution in [0.2, 0.25) is 10.0 Å². The van der Waals surface area contributed by atoms with Crippen LogP contribution in [0.15, 0.2) is 52.3 Å². The highest BCUT2D eigenvalue weighted by atomic mass is 35.5. The van der Waals surface area contributed by atoms with Gasteiger partial charge in [-0.25, -0.2) is 4.79 Å². The molecule has 2 aromatic carbocycles. The predicted octanol–water partition coefficient (Wildman–Crippen LogP) is 4.84. The lowest BCUT2D eigenvalue weighted by molar-refractivity contribution is 0.0693. The molecule has 0 amide bonds. The molecule has 0 fully saturated rings. The lowest BCUT2D eigenvalue weighted by atomic mass is 10.2. The number of benzene rings is 2. The Morgan fingerprint density at radius 3 is 2.44 bits per heavy atom. The molecule has 0 bridgehead atoms. The first-order valence-corrected chi connectivity index (χ1v) is 6.60. The zero-order valence-electron chi connectivity index (χ0n) is 9.06. The number of carbonyl (C=O) groups is 1. The molecule has 1 N–H and O–H groups in total. The van der Waals surface area contributed by atoms with Gasteiger partial charge in [-0.05, 0) is 30.3 Å². The molecule has 0 unspecified atom stereocenters. The average Bonchev–Trinajstić information content (AvgIpc) is 2.33. The van der Waals surface area contributed by atoms with Crippen LogP contribution in [0.1, 0.15) is 10.4 Å². The molecule has 5 heteroatoms. The van der Waals surface area contributed by atoms with E-state index in [0.29, 0.717) is 14.9 Å². The third-order valence-electron chi connectivity index (χ3n) is 2.23. The molecular formula is C13H8Cl2O2S. The van der Waals surface area contributed by atoms with Crippen LogP contribution in [-0.2, 0) is 0 Å². The fraction of sp³-hybridized carbons (Fsp3) is 0. The topological polar surface area (TPSA) is 37.3 Å². The molecule has 0 saturated heterocycles. The van der Waals surface area contributed by atoms with Crippen molar-refractivity contribution in [2.24, 2.45) is 0 Å². The standard InChI is InChI=1S/C13H8Cl2O2S/c14-8-5-6-12(10(15)7-8)18-11-4-2-1-3-9(11)13(16)17/h1-7H,(H,16,17). The summed E-state index contributed by atoms with van der Waals surface area (Å²) in [5.74, 6) is -0.955. The summed E-state index contributed by atoms with van der Waals surface area (Å²) in [4.78, 5) is 12.5. The van der Waals surface area contributed by atoms with Crippen LogP contribution in [-0.4, -0.2) is 11.1 Å². The summed E-state index contributed by atoms with van der Waals surface area (Å²) in [5.41, 5.74) is 0.258. The van der Waals surface area contributed by atoms with Crippen molar-refractivity contribution in [3.8, 4) is 0 Å². The van der Waals surface area contributed by atoms with Gasteiger partial charge in [0, 0.05) is 14.8 Å². The van der Waals surface area contributed by atoms with Gasteiger partial charge in [-0.1, -0.05) is 47.1 Å². The van der Waals surface area contributed by atoms with Crippen LogP contribution in [0.4, 0.5) is 0 Å². The van der Waals surface area contributed by atoms with Crippen molar-refractivity contribution < 1.29 is 9.90 Å². The van der Waals surface area contributed by atoms with Crippen LogP contribution in [0.25, 0.3) is 0 Å². The van der Waals surface area contributed by atoms with E-state index < -0.39 is 5.97 Å². The number of carboxylic acid groups (broad SMARTS) is 1. The van der Waals surface area contributed by atoms with Crippen LogP contribution in [0.5, 0.6) is 0 Å². The van der Waals surface area contributed by atoms with E-state index in [-0.39, 0.29) is 5.56 Å². The molecule has 2 rings (SSSR count). The molecule has 0 atom stereocenters. The van der Waals surface area contributed by atoms with Gasteiger partial charge < -0.3 is 5.11 Å². The Balaban J connectivity index is 2.37. The first-order valence-electron chi connectivity index (χ1n) is 5.03. The second-order valence-electron chi connectivity index (χ2n) is 3.48. The van der Waals surface area contributed by atoms with Crippen LogP contribution < -0.4 is 0 Å². The second-order valence-corrected chi connectivity index (χ2v) is 5.41. The van der Waals surface area contributed by atoms with E-state index in [2.05, 4.69) is 0 Å². The van der Waals surface area contributed by atoms with Crippen molar-refractivity contribution in [2.75, 3.05) is 0 Å². The van der Waals surface area contributed by atoms with Gasteiger partial charge >= 0.3 is 5.97 Å².